The Kier molecular flexibility index (Phi) is 3.59. The van der Waals surface area contributed by atoms with E-state index in [0.717, 1.165) is 5.56 Å². The van der Waals surface area contributed by atoms with Crippen LogP contribution < -0.4 is 11.1 Å². The van der Waals surface area contributed by atoms with Gasteiger partial charge in [0.25, 0.3) is 5.91 Å². The van der Waals surface area contributed by atoms with Gasteiger partial charge in [-0.05, 0) is 24.1 Å². The van der Waals surface area contributed by atoms with E-state index in [1.807, 2.05) is 12.1 Å². The summed E-state index contributed by atoms with van der Waals surface area (Å²) in [5.74, 6) is -0.333. The summed E-state index contributed by atoms with van der Waals surface area (Å²) in [6.07, 6.45) is 1.99. The molecule has 0 aliphatic heterocycles. The van der Waals surface area contributed by atoms with E-state index in [9.17, 15) is 4.79 Å². The molecule has 0 fully saturated rings. The van der Waals surface area contributed by atoms with Crippen molar-refractivity contribution in [1.29, 1.82) is 0 Å². The fourth-order valence-electron chi connectivity index (χ4n) is 1.55. The van der Waals surface area contributed by atoms with Gasteiger partial charge in [0, 0.05) is 12.3 Å². The highest BCUT2D eigenvalue weighted by atomic mass is 16.2. The molecule has 0 saturated carbocycles. The Hall–Kier alpha value is -2.34. The second-order valence-corrected chi connectivity index (χ2v) is 3.82. The number of hydrogen-bond donors (Lipinski definition) is 4. The van der Waals surface area contributed by atoms with E-state index in [0.29, 0.717) is 17.8 Å². The van der Waals surface area contributed by atoms with Crippen molar-refractivity contribution in [3.8, 4) is 0 Å². The Balaban J connectivity index is 2.05. The topological polar surface area (TPSA) is 104 Å². The smallest absolute Gasteiger partial charge is 0.275 e. The molecular weight excluding hydrogens is 232 g/mol. The van der Waals surface area contributed by atoms with Crippen LogP contribution in [0.4, 0.5) is 11.4 Å². The average Bonchev–Trinajstić information content (AvgIpc) is 2.78. The van der Waals surface area contributed by atoms with Crippen LogP contribution in [0.5, 0.6) is 0 Å². The number of hydrogen-bond acceptors (Lipinski definition) is 4. The molecule has 0 radical (unpaired) electrons. The summed E-state index contributed by atoms with van der Waals surface area (Å²) in [4.78, 5) is 11.8. The van der Waals surface area contributed by atoms with Crippen molar-refractivity contribution in [3.05, 3.63) is 41.7 Å². The minimum atomic E-state index is -0.333. The van der Waals surface area contributed by atoms with Crippen LogP contribution in [-0.4, -0.2) is 27.8 Å². The van der Waals surface area contributed by atoms with Gasteiger partial charge in [-0.1, -0.05) is 12.1 Å². The fourth-order valence-corrected chi connectivity index (χ4v) is 1.55. The SMILES string of the molecule is Nc1cn[nH]c1C(=O)Nc1ccc(CCO)cc1. The minimum absolute atomic E-state index is 0.108. The number of nitrogen functional groups attached to an aromatic ring is 1. The van der Waals surface area contributed by atoms with E-state index >= 15 is 0 Å². The second kappa shape index (κ2) is 5.33. The number of nitrogens with zero attached hydrogens (tertiary/aromatic N) is 1. The van der Waals surface area contributed by atoms with Crippen LogP contribution in [-0.2, 0) is 6.42 Å². The molecule has 0 unspecified atom stereocenters. The first-order valence-corrected chi connectivity index (χ1v) is 5.50. The lowest BCUT2D eigenvalue weighted by Crippen LogP contribution is -2.14. The molecule has 0 saturated heterocycles. The first kappa shape index (κ1) is 12.1. The molecule has 2 rings (SSSR count). The number of carbonyl (C=O) groups is 1. The number of aromatic nitrogens is 2. The Morgan fingerprint density at radius 3 is 2.67 bits per heavy atom. The number of amides is 1. The van der Waals surface area contributed by atoms with Gasteiger partial charge in [0.15, 0.2) is 0 Å². The van der Waals surface area contributed by atoms with E-state index in [4.69, 9.17) is 10.8 Å². The molecule has 0 spiro atoms. The highest BCUT2D eigenvalue weighted by Crippen LogP contribution is 2.13. The van der Waals surface area contributed by atoms with E-state index in [2.05, 4.69) is 15.5 Å². The first-order valence-electron chi connectivity index (χ1n) is 5.50. The lowest BCUT2D eigenvalue weighted by molar-refractivity contribution is 0.102. The summed E-state index contributed by atoms with van der Waals surface area (Å²) >= 11 is 0. The largest absolute Gasteiger partial charge is 0.396 e. The van der Waals surface area contributed by atoms with E-state index in [1.165, 1.54) is 6.20 Å². The number of aromatic amines is 1. The summed E-state index contributed by atoms with van der Waals surface area (Å²) in [5, 5.41) is 17.7. The quantitative estimate of drug-likeness (QED) is 0.639. The maximum Gasteiger partial charge on any atom is 0.275 e. The van der Waals surface area contributed by atoms with Crippen molar-refractivity contribution >= 4 is 17.3 Å². The van der Waals surface area contributed by atoms with Gasteiger partial charge in [-0.2, -0.15) is 5.10 Å². The molecule has 0 atom stereocenters. The van der Waals surface area contributed by atoms with Gasteiger partial charge in [-0.25, -0.2) is 0 Å². The van der Waals surface area contributed by atoms with Crippen LogP contribution in [0, 0.1) is 0 Å². The zero-order chi connectivity index (χ0) is 13.0. The second-order valence-electron chi connectivity index (χ2n) is 3.82. The number of aliphatic hydroxyl groups excluding tert-OH is 1. The molecule has 18 heavy (non-hydrogen) atoms. The summed E-state index contributed by atoms with van der Waals surface area (Å²) in [7, 11) is 0. The van der Waals surface area contributed by atoms with Gasteiger partial charge in [0.05, 0.1) is 11.9 Å². The molecule has 2 aromatic rings. The van der Waals surface area contributed by atoms with Crippen LogP contribution in [0.3, 0.4) is 0 Å². The van der Waals surface area contributed by atoms with Crippen molar-refractivity contribution < 1.29 is 9.90 Å². The number of H-pyrrole nitrogens is 1. The molecule has 94 valence electrons. The highest BCUT2D eigenvalue weighted by Gasteiger charge is 2.11. The van der Waals surface area contributed by atoms with E-state index in [-0.39, 0.29) is 18.2 Å². The van der Waals surface area contributed by atoms with Gasteiger partial charge in [-0.15, -0.1) is 0 Å². The Morgan fingerprint density at radius 1 is 1.39 bits per heavy atom. The van der Waals surface area contributed by atoms with Crippen LogP contribution >= 0.6 is 0 Å². The van der Waals surface area contributed by atoms with Gasteiger partial charge >= 0.3 is 0 Å². The molecule has 6 nitrogen and oxygen atoms in total. The Bertz CT molecular complexity index is 533. The Morgan fingerprint density at radius 2 is 2.11 bits per heavy atom. The lowest BCUT2D eigenvalue weighted by Gasteiger charge is -2.05. The highest BCUT2D eigenvalue weighted by molar-refractivity contribution is 6.06. The van der Waals surface area contributed by atoms with E-state index in [1.54, 1.807) is 12.1 Å². The normalized spacial score (nSPS) is 10.3. The molecule has 1 aromatic carbocycles. The maximum absolute atomic E-state index is 11.8. The van der Waals surface area contributed by atoms with Gasteiger partial charge in [-0.3, -0.25) is 9.89 Å². The number of rotatable bonds is 4. The summed E-state index contributed by atoms with van der Waals surface area (Å²) in [6, 6.07) is 7.25. The van der Waals surface area contributed by atoms with Gasteiger partial charge in [0.2, 0.25) is 0 Å². The Labute approximate surface area is 104 Å². The van der Waals surface area contributed by atoms with Crippen molar-refractivity contribution in [1.82, 2.24) is 10.2 Å². The van der Waals surface area contributed by atoms with Crippen LogP contribution in [0.1, 0.15) is 16.1 Å². The molecule has 0 aliphatic rings. The molecule has 1 amide bonds. The third kappa shape index (κ3) is 2.67. The molecule has 0 aliphatic carbocycles. The fraction of sp³-hybridized carbons (Fsp3) is 0.167. The molecule has 5 N–H and O–H groups in total. The van der Waals surface area contributed by atoms with Crippen molar-refractivity contribution in [2.45, 2.75) is 6.42 Å². The van der Waals surface area contributed by atoms with Crippen molar-refractivity contribution in [3.63, 3.8) is 0 Å². The summed E-state index contributed by atoms with van der Waals surface area (Å²) in [6.45, 7) is 0.108. The third-order valence-electron chi connectivity index (χ3n) is 2.51. The zero-order valence-electron chi connectivity index (χ0n) is 9.68. The molecule has 1 aromatic heterocycles. The predicted molar refractivity (Wildman–Crippen MR) is 68.2 cm³/mol. The molecule has 6 heteroatoms. The van der Waals surface area contributed by atoms with Crippen LogP contribution in [0.15, 0.2) is 30.5 Å². The molecular formula is C12H14N4O2. The minimum Gasteiger partial charge on any atom is -0.396 e. The summed E-state index contributed by atoms with van der Waals surface area (Å²) in [5.41, 5.74) is 7.80. The van der Waals surface area contributed by atoms with E-state index < -0.39 is 0 Å². The number of anilines is 2. The summed E-state index contributed by atoms with van der Waals surface area (Å²) < 4.78 is 0. The lowest BCUT2D eigenvalue weighted by atomic mass is 10.1. The number of carbonyl (C=O) groups excluding carboxylic acids is 1. The van der Waals surface area contributed by atoms with Crippen molar-refractivity contribution in [2.24, 2.45) is 0 Å². The molecule has 0 bridgehead atoms. The average molecular weight is 246 g/mol. The zero-order valence-corrected chi connectivity index (χ0v) is 9.68. The third-order valence-corrected chi connectivity index (χ3v) is 2.51. The van der Waals surface area contributed by atoms with Crippen LogP contribution in [0.25, 0.3) is 0 Å². The van der Waals surface area contributed by atoms with Crippen LogP contribution in [0.2, 0.25) is 0 Å². The number of aliphatic hydroxyl groups is 1. The number of nitrogens with one attached hydrogen (secondary N) is 2. The monoisotopic (exact) mass is 246 g/mol. The first-order chi connectivity index (χ1) is 8.70. The standard InChI is InChI=1S/C12H14N4O2/c13-10-7-14-16-11(10)12(18)15-9-3-1-8(2-4-9)5-6-17/h1-4,7,17H,5-6,13H2,(H,14,16)(H,15,18). The van der Waals surface area contributed by atoms with Gasteiger partial charge in [0.1, 0.15) is 5.69 Å². The van der Waals surface area contributed by atoms with Gasteiger partial charge < -0.3 is 16.2 Å². The van der Waals surface area contributed by atoms with Crippen molar-refractivity contribution in [2.75, 3.05) is 17.7 Å². The number of nitrogens with two attached hydrogens (primary N) is 1. The molecule has 1 heterocycles. The predicted octanol–water partition coefficient (Wildman–Crippen LogP) is 0.779. The number of benzene rings is 1. The maximum atomic E-state index is 11.8.